The molecule has 0 radical (unpaired) electrons. The first-order chi connectivity index (χ1) is 12.4. The molecule has 0 amide bonds. The van der Waals surface area contributed by atoms with E-state index in [9.17, 15) is 5.11 Å². The number of amidine groups is 1. The summed E-state index contributed by atoms with van der Waals surface area (Å²) in [7, 11) is 0. The maximum absolute atomic E-state index is 11.2. The Morgan fingerprint density at radius 3 is 2.46 bits per heavy atom. The van der Waals surface area contributed by atoms with Crippen LogP contribution in [0.2, 0.25) is 0 Å². The lowest BCUT2D eigenvalue weighted by Gasteiger charge is -2.20. The minimum atomic E-state index is -0.666. The summed E-state index contributed by atoms with van der Waals surface area (Å²) in [5.74, 6) is 0.909. The minimum absolute atomic E-state index is 0.103. The highest BCUT2D eigenvalue weighted by atomic mass is 32.1. The van der Waals surface area contributed by atoms with Gasteiger partial charge in [0.25, 0.3) is 0 Å². The molecule has 0 spiro atoms. The standard InChI is InChI=1S/C22H24N2OS/c1-22(2,3)15-10-8-14(9-11-15)19(25)18-16-6-4-5-7-17(16)26-20(18)21-23-12-13-24-21/h4-11,19,25H,12-13H2,1-3H3,(H,23,24). The SMILES string of the molecule is CC(C)(C)c1ccc(C(O)c2c(C3=NCCN3)sc3ccccc23)cc1. The van der Waals surface area contributed by atoms with Gasteiger partial charge in [0.05, 0.1) is 11.4 Å². The maximum atomic E-state index is 11.2. The molecule has 3 aromatic rings. The number of rotatable bonds is 3. The van der Waals surface area contributed by atoms with Crippen LogP contribution in [0.15, 0.2) is 53.5 Å². The number of nitrogens with zero attached hydrogens (tertiary/aromatic N) is 1. The Morgan fingerprint density at radius 1 is 1.08 bits per heavy atom. The zero-order valence-electron chi connectivity index (χ0n) is 15.4. The Labute approximate surface area is 158 Å². The van der Waals surface area contributed by atoms with Crippen LogP contribution in [-0.4, -0.2) is 24.0 Å². The molecule has 4 rings (SSSR count). The summed E-state index contributed by atoms with van der Waals surface area (Å²) in [6, 6.07) is 16.6. The molecule has 2 heterocycles. The lowest BCUT2D eigenvalue weighted by Crippen LogP contribution is -2.20. The molecule has 2 N–H and O–H groups in total. The molecule has 1 aliphatic heterocycles. The Bertz CT molecular complexity index is 964. The average Bonchev–Trinajstić information content (AvgIpc) is 3.28. The predicted octanol–water partition coefficient (Wildman–Crippen LogP) is 4.63. The van der Waals surface area contributed by atoms with E-state index in [2.05, 4.69) is 55.3 Å². The summed E-state index contributed by atoms with van der Waals surface area (Å²) >= 11 is 1.70. The van der Waals surface area contributed by atoms with Gasteiger partial charge in [0.1, 0.15) is 11.9 Å². The highest BCUT2D eigenvalue weighted by Gasteiger charge is 2.25. The first-order valence-corrected chi connectivity index (χ1v) is 9.85. The molecule has 134 valence electrons. The van der Waals surface area contributed by atoms with E-state index in [4.69, 9.17) is 0 Å². The summed E-state index contributed by atoms with van der Waals surface area (Å²) in [5, 5.41) is 15.7. The van der Waals surface area contributed by atoms with Gasteiger partial charge in [0, 0.05) is 16.8 Å². The van der Waals surface area contributed by atoms with Crippen molar-refractivity contribution in [2.75, 3.05) is 13.1 Å². The van der Waals surface area contributed by atoms with E-state index >= 15 is 0 Å². The fraction of sp³-hybridized carbons (Fsp3) is 0.318. The molecular formula is C22H24N2OS. The van der Waals surface area contributed by atoms with E-state index in [0.29, 0.717) is 0 Å². The molecule has 26 heavy (non-hydrogen) atoms. The quantitative estimate of drug-likeness (QED) is 0.712. The molecule has 3 nitrogen and oxygen atoms in total. The molecule has 0 bridgehead atoms. The van der Waals surface area contributed by atoms with E-state index in [0.717, 1.165) is 40.3 Å². The monoisotopic (exact) mass is 364 g/mol. The second kappa shape index (κ2) is 6.53. The molecule has 4 heteroatoms. The third-order valence-corrected chi connectivity index (χ3v) is 6.08. The lowest BCUT2D eigenvalue weighted by molar-refractivity contribution is 0.222. The Hall–Kier alpha value is -2.17. The first-order valence-electron chi connectivity index (χ1n) is 9.04. The van der Waals surface area contributed by atoms with Crippen LogP contribution < -0.4 is 5.32 Å². The molecule has 0 fully saturated rings. The van der Waals surface area contributed by atoms with Gasteiger partial charge in [-0.25, -0.2) is 0 Å². The van der Waals surface area contributed by atoms with Crippen molar-refractivity contribution in [2.45, 2.75) is 32.3 Å². The van der Waals surface area contributed by atoms with Gasteiger partial charge in [-0.15, -0.1) is 11.3 Å². The molecule has 2 aromatic carbocycles. The highest BCUT2D eigenvalue weighted by Crippen LogP contribution is 2.38. The molecule has 0 saturated heterocycles. The first kappa shape index (κ1) is 17.3. The zero-order valence-corrected chi connectivity index (χ0v) is 16.2. The van der Waals surface area contributed by atoms with Crippen LogP contribution >= 0.6 is 11.3 Å². The van der Waals surface area contributed by atoms with Crippen LogP contribution in [0.4, 0.5) is 0 Å². The van der Waals surface area contributed by atoms with Crippen molar-refractivity contribution in [3.05, 3.63) is 70.1 Å². The Morgan fingerprint density at radius 2 is 1.81 bits per heavy atom. The largest absolute Gasteiger partial charge is 0.384 e. The number of benzene rings is 2. The van der Waals surface area contributed by atoms with Crippen molar-refractivity contribution in [3.63, 3.8) is 0 Å². The van der Waals surface area contributed by atoms with Gasteiger partial charge in [0.2, 0.25) is 0 Å². The van der Waals surface area contributed by atoms with Crippen molar-refractivity contribution in [2.24, 2.45) is 4.99 Å². The van der Waals surface area contributed by atoms with Crippen LogP contribution in [0.1, 0.15) is 48.4 Å². The summed E-state index contributed by atoms with van der Waals surface area (Å²) in [6.45, 7) is 8.26. The minimum Gasteiger partial charge on any atom is -0.384 e. The third-order valence-electron chi connectivity index (χ3n) is 4.89. The van der Waals surface area contributed by atoms with Gasteiger partial charge in [-0.2, -0.15) is 0 Å². The van der Waals surface area contributed by atoms with E-state index in [1.807, 2.05) is 24.3 Å². The fourth-order valence-corrected chi connectivity index (χ4v) is 4.61. The molecule has 1 aromatic heterocycles. The van der Waals surface area contributed by atoms with Crippen LogP contribution in [0.5, 0.6) is 0 Å². The predicted molar refractivity (Wildman–Crippen MR) is 110 cm³/mol. The van der Waals surface area contributed by atoms with Gasteiger partial charge < -0.3 is 10.4 Å². The van der Waals surface area contributed by atoms with Crippen molar-refractivity contribution in [1.82, 2.24) is 5.32 Å². The van der Waals surface area contributed by atoms with Crippen molar-refractivity contribution in [1.29, 1.82) is 0 Å². The van der Waals surface area contributed by atoms with Crippen molar-refractivity contribution in [3.8, 4) is 0 Å². The zero-order chi connectivity index (χ0) is 18.3. The number of aliphatic hydroxyl groups is 1. The van der Waals surface area contributed by atoms with E-state index in [1.54, 1.807) is 11.3 Å². The third kappa shape index (κ3) is 3.04. The van der Waals surface area contributed by atoms with E-state index < -0.39 is 6.10 Å². The maximum Gasteiger partial charge on any atom is 0.139 e. The Kier molecular flexibility index (Phi) is 4.33. The molecular weight excluding hydrogens is 340 g/mol. The molecule has 1 atom stereocenters. The van der Waals surface area contributed by atoms with Crippen LogP contribution in [0.3, 0.4) is 0 Å². The second-order valence-corrected chi connectivity index (χ2v) is 8.82. The molecule has 0 saturated carbocycles. The topological polar surface area (TPSA) is 44.6 Å². The smallest absolute Gasteiger partial charge is 0.139 e. The number of nitrogens with one attached hydrogen (secondary N) is 1. The molecule has 1 unspecified atom stereocenters. The number of aliphatic hydroxyl groups excluding tert-OH is 1. The van der Waals surface area contributed by atoms with Crippen LogP contribution in [-0.2, 0) is 5.41 Å². The van der Waals surface area contributed by atoms with Crippen LogP contribution in [0.25, 0.3) is 10.1 Å². The van der Waals surface area contributed by atoms with Gasteiger partial charge in [-0.3, -0.25) is 4.99 Å². The number of hydrogen-bond donors (Lipinski definition) is 2. The van der Waals surface area contributed by atoms with Crippen molar-refractivity contribution < 1.29 is 5.11 Å². The summed E-state index contributed by atoms with van der Waals surface area (Å²) in [4.78, 5) is 5.64. The summed E-state index contributed by atoms with van der Waals surface area (Å²) in [5.41, 5.74) is 3.25. The number of hydrogen-bond acceptors (Lipinski definition) is 4. The highest BCUT2D eigenvalue weighted by molar-refractivity contribution is 7.21. The Balaban J connectivity index is 1.81. The summed E-state index contributed by atoms with van der Waals surface area (Å²) < 4.78 is 1.18. The van der Waals surface area contributed by atoms with Crippen LogP contribution in [0, 0.1) is 0 Å². The average molecular weight is 365 g/mol. The number of thiophene rings is 1. The molecule has 0 aliphatic carbocycles. The normalized spacial score (nSPS) is 15.8. The lowest BCUT2D eigenvalue weighted by atomic mass is 9.86. The van der Waals surface area contributed by atoms with Gasteiger partial charge in [0.15, 0.2) is 0 Å². The second-order valence-electron chi connectivity index (χ2n) is 7.77. The fourth-order valence-electron chi connectivity index (χ4n) is 3.39. The molecule has 1 aliphatic rings. The van der Waals surface area contributed by atoms with Crippen molar-refractivity contribution >= 4 is 27.3 Å². The van der Waals surface area contributed by atoms with E-state index in [1.165, 1.54) is 10.3 Å². The van der Waals surface area contributed by atoms with Gasteiger partial charge in [-0.05, 0) is 28.0 Å². The number of fused-ring (bicyclic) bond motifs is 1. The summed E-state index contributed by atoms with van der Waals surface area (Å²) in [6.07, 6.45) is -0.666. The van der Waals surface area contributed by atoms with E-state index in [-0.39, 0.29) is 5.41 Å². The number of aliphatic imine (C=N–C) groups is 1. The van der Waals surface area contributed by atoms with Gasteiger partial charge in [-0.1, -0.05) is 63.2 Å². The van der Waals surface area contributed by atoms with Gasteiger partial charge >= 0.3 is 0 Å².